The summed E-state index contributed by atoms with van der Waals surface area (Å²) < 4.78 is 39.0. The standard InChI is InChI=1S/C15H10ClFN4O3S/c16-12-5-4-11(7-13(12)17)25(23,24)21-9-10(8-19-21)20-15(22)14-3-1-2-6-18-14/h1-9H,(H,20,22). The molecule has 128 valence electrons. The molecule has 1 aromatic carbocycles. The molecular weight excluding hydrogens is 371 g/mol. The molecule has 0 saturated heterocycles. The summed E-state index contributed by atoms with van der Waals surface area (Å²) >= 11 is 5.55. The third-order valence-corrected chi connectivity index (χ3v) is 5.00. The summed E-state index contributed by atoms with van der Waals surface area (Å²) in [5.74, 6) is -1.38. The third kappa shape index (κ3) is 3.52. The molecule has 25 heavy (non-hydrogen) atoms. The van der Waals surface area contributed by atoms with E-state index in [2.05, 4.69) is 15.4 Å². The normalized spacial score (nSPS) is 11.3. The molecule has 0 aliphatic carbocycles. The van der Waals surface area contributed by atoms with Gasteiger partial charge in [-0.3, -0.25) is 9.78 Å². The molecule has 2 aromatic heterocycles. The first-order valence-electron chi connectivity index (χ1n) is 6.85. The number of halogens is 2. The van der Waals surface area contributed by atoms with E-state index in [0.717, 1.165) is 30.6 Å². The zero-order chi connectivity index (χ0) is 18.0. The molecule has 7 nitrogen and oxygen atoms in total. The summed E-state index contributed by atoms with van der Waals surface area (Å²) in [5.41, 5.74) is 0.312. The largest absolute Gasteiger partial charge is 0.318 e. The minimum Gasteiger partial charge on any atom is -0.318 e. The van der Waals surface area contributed by atoms with Gasteiger partial charge in [-0.15, -0.1) is 0 Å². The minimum atomic E-state index is -4.12. The molecule has 0 unspecified atom stereocenters. The molecule has 0 bridgehead atoms. The average molecular weight is 381 g/mol. The Balaban J connectivity index is 1.85. The van der Waals surface area contributed by atoms with E-state index in [9.17, 15) is 17.6 Å². The van der Waals surface area contributed by atoms with Crippen molar-refractivity contribution >= 4 is 33.2 Å². The molecule has 0 aliphatic heterocycles. The van der Waals surface area contributed by atoms with Crippen LogP contribution in [0, 0.1) is 5.82 Å². The van der Waals surface area contributed by atoms with Crippen LogP contribution in [0.2, 0.25) is 5.02 Å². The van der Waals surface area contributed by atoms with E-state index in [1.165, 1.54) is 12.3 Å². The van der Waals surface area contributed by atoms with Gasteiger partial charge >= 0.3 is 0 Å². The van der Waals surface area contributed by atoms with Crippen LogP contribution in [0.1, 0.15) is 10.5 Å². The highest BCUT2D eigenvalue weighted by Crippen LogP contribution is 2.21. The highest BCUT2D eigenvalue weighted by atomic mass is 35.5. The van der Waals surface area contributed by atoms with Crippen LogP contribution in [0.15, 0.2) is 59.9 Å². The number of rotatable bonds is 4. The van der Waals surface area contributed by atoms with Gasteiger partial charge in [-0.05, 0) is 30.3 Å². The first kappa shape index (κ1) is 17.1. The Kier molecular flexibility index (Phi) is 4.51. The number of anilines is 1. The Bertz CT molecular complexity index is 1040. The molecule has 3 rings (SSSR count). The number of pyridine rings is 1. The fourth-order valence-corrected chi connectivity index (χ4v) is 3.19. The zero-order valence-corrected chi connectivity index (χ0v) is 14.0. The van der Waals surface area contributed by atoms with Gasteiger partial charge in [-0.2, -0.15) is 17.6 Å². The Morgan fingerprint density at radius 3 is 2.72 bits per heavy atom. The summed E-state index contributed by atoms with van der Waals surface area (Å²) in [6, 6.07) is 7.90. The van der Waals surface area contributed by atoms with Gasteiger partial charge in [-0.1, -0.05) is 17.7 Å². The van der Waals surface area contributed by atoms with Gasteiger partial charge in [0.05, 0.1) is 28.0 Å². The predicted octanol–water partition coefficient (Wildman–Crippen LogP) is 2.56. The van der Waals surface area contributed by atoms with Gasteiger partial charge in [0, 0.05) is 6.20 Å². The number of nitrogens with one attached hydrogen (secondary N) is 1. The molecule has 0 atom stereocenters. The Labute approximate surface area is 147 Å². The van der Waals surface area contributed by atoms with Crippen molar-refractivity contribution < 1.29 is 17.6 Å². The molecule has 3 aromatic rings. The molecule has 10 heteroatoms. The van der Waals surface area contributed by atoms with E-state index < -0.39 is 21.7 Å². The SMILES string of the molecule is O=C(Nc1cnn(S(=O)(=O)c2ccc(Cl)c(F)c2)c1)c1ccccn1. The Morgan fingerprint density at radius 2 is 2.04 bits per heavy atom. The molecule has 0 aliphatic rings. The lowest BCUT2D eigenvalue weighted by molar-refractivity contribution is 0.102. The number of carbonyl (C=O) groups is 1. The van der Waals surface area contributed by atoms with Crippen LogP contribution in [0.5, 0.6) is 0 Å². The van der Waals surface area contributed by atoms with Crippen LogP contribution >= 0.6 is 11.6 Å². The summed E-state index contributed by atoms with van der Waals surface area (Å²) in [5, 5.41) is 5.99. The predicted molar refractivity (Wildman–Crippen MR) is 88.4 cm³/mol. The molecule has 0 spiro atoms. The van der Waals surface area contributed by atoms with Crippen LogP contribution in [0.3, 0.4) is 0 Å². The summed E-state index contributed by atoms with van der Waals surface area (Å²) in [6.07, 6.45) is 3.71. The van der Waals surface area contributed by atoms with Crippen LogP contribution in [0.4, 0.5) is 10.1 Å². The average Bonchev–Trinajstić information content (AvgIpc) is 3.07. The van der Waals surface area contributed by atoms with E-state index in [1.807, 2.05) is 0 Å². The molecular formula is C15H10ClFN4O3S. The molecule has 0 saturated carbocycles. The fourth-order valence-electron chi connectivity index (χ4n) is 1.94. The van der Waals surface area contributed by atoms with E-state index in [0.29, 0.717) is 4.09 Å². The van der Waals surface area contributed by atoms with Crippen molar-refractivity contribution in [2.45, 2.75) is 4.90 Å². The van der Waals surface area contributed by atoms with Crippen molar-refractivity contribution in [3.8, 4) is 0 Å². The van der Waals surface area contributed by atoms with E-state index in [4.69, 9.17) is 11.6 Å². The molecule has 0 fully saturated rings. The van der Waals surface area contributed by atoms with Gasteiger partial charge < -0.3 is 5.32 Å². The summed E-state index contributed by atoms with van der Waals surface area (Å²) in [4.78, 5) is 15.6. The van der Waals surface area contributed by atoms with Crippen LogP contribution in [0.25, 0.3) is 0 Å². The van der Waals surface area contributed by atoms with Gasteiger partial charge in [0.1, 0.15) is 11.5 Å². The number of benzene rings is 1. The minimum absolute atomic E-state index is 0.147. The van der Waals surface area contributed by atoms with Crippen molar-refractivity contribution in [1.29, 1.82) is 0 Å². The molecule has 1 N–H and O–H groups in total. The molecule has 1 amide bonds. The number of aromatic nitrogens is 3. The number of hydrogen-bond donors (Lipinski definition) is 1. The van der Waals surface area contributed by atoms with Crippen molar-refractivity contribution in [2.75, 3.05) is 5.32 Å². The van der Waals surface area contributed by atoms with Crippen molar-refractivity contribution in [2.24, 2.45) is 0 Å². The zero-order valence-electron chi connectivity index (χ0n) is 12.4. The topological polar surface area (TPSA) is 94.0 Å². The third-order valence-electron chi connectivity index (χ3n) is 3.15. The maximum atomic E-state index is 13.5. The van der Waals surface area contributed by atoms with Crippen molar-refractivity contribution in [3.05, 3.63) is 71.5 Å². The second kappa shape index (κ2) is 6.61. The molecule has 0 radical (unpaired) electrons. The Hall–Kier alpha value is -2.78. The lowest BCUT2D eigenvalue weighted by Gasteiger charge is -2.05. The number of carbonyl (C=O) groups excluding carboxylic acids is 1. The van der Waals surface area contributed by atoms with Crippen molar-refractivity contribution in [3.63, 3.8) is 0 Å². The monoisotopic (exact) mass is 380 g/mol. The summed E-state index contributed by atoms with van der Waals surface area (Å²) in [6.45, 7) is 0. The van der Waals surface area contributed by atoms with Crippen molar-refractivity contribution in [1.82, 2.24) is 14.2 Å². The fraction of sp³-hybridized carbons (Fsp3) is 0. The lowest BCUT2D eigenvalue weighted by atomic mass is 10.3. The summed E-state index contributed by atoms with van der Waals surface area (Å²) in [7, 11) is -4.12. The second-order valence-electron chi connectivity index (χ2n) is 4.85. The lowest BCUT2D eigenvalue weighted by Crippen LogP contribution is -2.15. The van der Waals surface area contributed by atoms with E-state index in [1.54, 1.807) is 12.1 Å². The van der Waals surface area contributed by atoms with Crippen LogP contribution in [-0.2, 0) is 10.0 Å². The highest BCUT2D eigenvalue weighted by molar-refractivity contribution is 7.89. The number of amides is 1. The smallest absolute Gasteiger partial charge is 0.283 e. The van der Waals surface area contributed by atoms with Gasteiger partial charge in [0.2, 0.25) is 0 Å². The number of nitrogens with zero attached hydrogens (tertiary/aromatic N) is 3. The van der Waals surface area contributed by atoms with Gasteiger partial charge in [0.25, 0.3) is 15.9 Å². The Morgan fingerprint density at radius 1 is 1.24 bits per heavy atom. The highest BCUT2D eigenvalue weighted by Gasteiger charge is 2.20. The molecule has 2 heterocycles. The maximum Gasteiger partial charge on any atom is 0.283 e. The quantitative estimate of drug-likeness (QED) is 0.750. The van der Waals surface area contributed by atoms with E-state index >= 15 is 0 Å². The first-order chi connectivity index (χ1) is 11.9. The number of hydrogen-bond acceptors (Lipinski definition) is 5. The van der Waals surface area contributed by atoms with Gasteiger partial charge in [0.15, 0.2) is 0 Å². The van der Waals surface area contributed by atoms with Crippen LogP contribution < -0.4 is 5.32 Å². The second-order valence-corrected chi connectivity index (χ2v) is 7.05. The van der Waals surface area contributed by atoms with Crippen LogP contribution in [-0.4, -0.2) is 28.5 Å². The first-order valence-corrected chi connectivity index (χ1v) is 8.67. The van der Waals surface area contributed by atoms with E-state index in [-0.39, 0.29) is 21.3 Å². The maximum absolute atomic E-state index is 13.5. The van der Waals surface area contributed by atoms with Gasteiger partial charge in [-0.25, -0.2) is 4.39 Å².